The van der Waals surface area contributed by atoms with Crippen LogP contribution < -0.4 is 0 Å². The molecule has 0 N–H and O–H groups in total. The third kappa shape index (κ3) is 1.99. The summed E-state index contributed by atoms with van der Waals surface area (Å²) in [6, 6.07) is 1.91. The van der Waals surface area contributed by atoms with Crippen LogP contribution in [0.3, 0.4) is 0 Å². The molecule has 0 saturated carbocycles. The van der Waals surface area contributed by atoms with Gasteiger partial charge < -0.3 is 9.80 Å². The summed E-state index contributed by atoms with van der Waals surface area (Å²) < 4.78 is 0. The number of fused-ring (bicyclic) bond motifs is 2. The number of rotatable bonds is 2. The highest BCUT2D eigenvalue weighted by atomic mass is 16.2. The molecule has 0 radical (unpaired) electrons. The predicted octanol–water partition coefficient (Wildman–Crippen LogP) is 2.04. The molecule has 3 aliphatic rings. The van der Waals surface area contributed by atoms with E-state index in [0.717, 1.165) is 6.54 Å². The lowest BCUT2D eigenvalue weighted by Crippen LogP contribution is -2.55. The van der Waals surface area contributed by atoms with E-state index in [1.807, 2.05) is 6.08 Å². The topological polar surface area (TPSA) is 23.6 Å². The maximum absolute atomic E-state index is 12.1. The Morgan fingerprint density at radius 3 is 2.44 bits per heavy atom. The number of carbonyl (C=O) groups excluding carboxylic acids is 1. The molecule has 2 bridgehead atoms. The van der Waals surface area contributed by atoms with Crippen LogP contribution in [-0.2, 0) is 4.79 Å². The summed E-state index contributed by atoms with van der Waals surface area (Å²) in [5.41, 5.74) is 0. The van der Waals surface area contributed by atoms with Crippen molar-refractivity contribution in [3.8, 4) is 0 Å². The number of carbonyl (C=O) groups is 1. The summed E-state index contributed by atoms with van der Waals surface area (Å²) in [5, 5.41) is 0. The quantitative estimate of drug-likeness (QED) is 0.698. The van der Waals surface area contributed by atoms with Crippen LogP contribution in [0.25, 0.3) is 0 Å². The van der Waals surface area contributed by atoms with Crippen LogP contribution in [-0.4, -0.2) is 47.4 Å². The van der Waals surface area contributed by atoms with E-state index >= 15 is 0 Å². The van der Waals surface area contributed by atoms with Gasteiger partial charge in [-0.3, -0.25) is 4.79 Å². The fourth-order valence-corrected chi connectivity index (χ4v) is 4.11. The minimum atomic E-state index is 0.354. The van der Waals surface area contributed by atoms with Crippen LogP contribution in [0.4, 0.5) is 0 Å². The first kappa shape index (κ1) is 12.2. The molecule has 3 aliphatic heterocycles. The van der Waals surface area contributed by atoms with Crippen LogP contribution in [0.2, 0.25) is 0 Å². The summed E-state index contributed by atoms with van der Waals surface area (Å²) in [6.45, 7) is 4.75. The fourth-order valence-electron chi connectivity index (χ4n) is 4.11. The van der Waals surface area contributed by atoms with Gasteiger partial charge in [0.1, 0.15) is 0 Å². The van der Waals surface area contributed by atoms with Gasteiger partial charge in [0, 0.05) is 37.0 Å². The number of hydrogen-bond acceptors (Lipinski definition) is 2. The van der Waals surface area contributed by atoms with Gasteiger partial charge >= 0.3 is 0 Å². The van der Waals surface area contributed by atoms with Gasteiger partial charge in [-0.25, -0.2) is 0 Å². The van der Waals surface area contributed by atoms with E-state index in [1.54, 1.807) is 0 Å². The van der Waals surface area contributed by atoms with Crippen LogP contribution >= 0.6 is 0 Å². The van der Waals surface area contributed by atoms with Crippen molar-refractivity contribution >= 4 is 5.91 Å². The number of nitrogens with zero attached hydrogens (tertiary/aromatic N) is 2. The predicted molar refractivity (Wildman–Crippen MR) is 72.2 cm³/mol. The summed E-state index contributed by atoms with van der Waals surface area (Å²) in [7, 11) is 2.27. The molecule has 3 rings (SSSR count). The Morgan fingerprint density at radius 2 is 1.89 bits per heavy atom. The molecule has 4 atom stereocenters. The van der Waals surface area contributed by atoms with Gasteiger partial charge in [-0.05, 0) is 32.7 Å². The normalized spacial score (nSPS) is 41.2. The lowest BCUT2D eigenvalue weighted by molar-refractivity contribution is -0.131. The van der Waals surface area contributed by atoms with Crippen LogP contribution in [0.5, 0.6) is 0 Å². The van der Waals surface area contributed by atoms with Crippen molar-refractivity contribution in [2.75, 3.05) is 13.6 Å². The lowest BCUT2D eigenvalue weighted by atomic mass is 9.82. The molecule has 3 saturated heterocycles. The number of piperidine rings is 2. The summed E-state index contributed by atoms with van der Waals surface area (Å²) in [5.74, 6) is 0.740. The van der Waals surface area contributed by atoms with Gasteiger partial charge in [0.2, 0.25) is 5.91 Å². The first-order valence-corrected chi connectivity index (χ1v) is 7.33. The summed E-state index contributed by atoms with van der Waals surface area (Å²) >= 11 is 0. The minimum absolute atomic E-state index is 0.354. The minimum Gasteiger partial charge on any atom is -0.339 e. The van der Waals surface area contributed by atoms with Crippen LogP contribution in [0.1, 0.15) is 38.5 Å². The Morgan fingerprint density at radius 1 is 1.22 bits per heavy atom. The smallest absolute Gasteiger partial charge is 0.223 e. The van der Waals surface area contributed by atoms with Crippen molar-refractivity contribution in [3.63, 3.8) is 0 Å². The Kier molecular flexibility index (Phi) is 3.18. The molecule has 0 aromatic rings. The average Bonchev–Trinajstić information content (AvgIpc) is 2.70. The molecule has 3 heterocycles. The molecule has 2 unspecified atom stereocenters. The zero-order valence-corrected chi connectivity index (χ0v) is 11.3. The second-order valence-electron chi connectivity index (χ2n) is 6.28. The Labute approximate surface area is 110 Å². The third-order valence-electron chi connectivity index (χ3n) is 5.28. The molecule has 0 spiro atoms. The van der Waals surface area contributed by atoms with E-state index in [4.69, 9.17) is 0 Å². The maximum Gasteiger partial charge on any atom is 0.223 e. The highest BCUT2D eigenvalue weighted by molar-refractivity contribution is 5.79. The maximum atomic E-state index is 12.1. The monoisotopic (exact) mass is 248 g/mol. The van der Waals surface area contributed by atoms with Gasteiger partial charge in [0.25, 0.3) is 0 Å². The number of amides is 1. The number of hydrogen-bond donors (Lipinski definition) is 0. The van der Waals surface area contributed by atoms with Crippen molar-refractivity contribution in [1.29, 1.82) is 0 Å². The van der Waals surface area contributed by atoms with Gasteiger partial charge in [-0.15, -0.1) is 6.58 Å². The molecule has 0 aliphatic carbocycles. The van der Waals surface area contributed by atoms with Gasteiger partial charge in [-0.1, -0.05) is 12.5 Å². The largest absolute Gasteiger partial charge is 0.339 e. The standard InChI is InChI=1S/C15H24N2O/c1-3-11-7-15(18)17(10-11)14-8-12-5-4-6-13(9-14)16(12)2/h3,11-14H,1,4-10H2,2H3/t11?,12-,13+,14?. The van der Waals surface area contributed by atoms with Gasteiger partial charge in [0.05, 0.1) is 0 Å². The van der Waals surface area contributed by atoms with Crippen LogP contribution in [0, 0.1) is 5.92 Å². The van der Waals surface area contributed by atoms with Crippen molar-refractivity contribution in [2.24, 2.45) is 5.92 Å². The molecule has 18 heavy (non-hydrogen) atoms. The van der Waals surface area contributed by atoms with E-state index in [2.05, 4.69) is 23.4 Å². The first-order chi connectivity index (χ1) is 8.69. The van der Waals surface area contributed by atoms with Crippen molar-refractivity contribution in [3.05, 3.63) is 12.7 Å². The highest BCUT2D eigenvalue weighted by Gasteiger charge is 2.41. The fraction of sp³-hybridized carbons (Fsp3) is 0.800. The first-order valence-electron chi connectivity index (χ1n) is 7.33. The highest BCUT2D eigenvalue weighted by Crippen LogP contribution is 2.36. The molecule has 3 fully saturated rings. The van der Waals surface area contributed by atoms with Crippen molar-refractivity contribution in [1.82, 2.24) is 9.80 Å². The summed E-state index contributed by atoms with van der Waals surface area (Å²) in [6.07, 6.45) is 9.01. The number of likely N-dealkylation sites (tertiary alicyclic amines) is 1. The molecule has 0 aromatic carbocycles. The second kappa shape index (κ2) is 4.69. The molecule has 3 nitrogen and oxygen atoms in total. The van der Waals surface area contributed by atoms with Crippen molar-refractivity contribution < 1.29 is 4.79 Å². The molecular formula is C15H24N2O. The molecular weight excluding hydrogens is 224 g/mol. The van der Waals surface area contributed by atoms with E-state index in [0.29, 0.717) is 36.4 Å². The van der Waals surface area contributed by atoms with E-state index < -0.39 is 0 Å². The van der Waals surface area contributed by atoms with Crippen molar-refractivity contribution in [2.45, 2.75) is 56.7 Å². The molecule has 1 amide bonds. The van der Waals surface area contributed by atoms with E-state index in [1.165, 1.54) is 32.1 Å². The zero-order valence-electron chi connectivity index (χ0n) is 11.3. The van der Waals surface area contributed by atoms with E-state index in [-0.39, 0.29) is 0 Å². The van der Waals surface area contributed by atoms with Gasteiger partial charge in [-0.2, -0.15) is 0 Å². The van der Waals surface area contributed by atoms with Crippen LogP contribution in [0.15, 0.2) is 12.7 Å². The molecule has 100 valence electrons. The molecule has 3 heteroatoms. The Hall–Kier alpha value is -0.830. The van der Waals surface area contributed by atoms with Gasteiger partial charge in [0.15, 0.2) is 0 Å². The Bertz CT molecular complexity index is 340. The molecule has 0 aromatic heterocycles. The Balaban J connectivity index is 1.71. The average molecular weight is 248 g/mol. The SMILES string of the molecule is C=CC1CC(=O)N(C2C[C@H]3CCC[C@@H](C2)N3C)C1. The lowest BCUT2D eigenvalue weighted by Gasteiger charge is -2.49. The summed E-state index contributed by atoms with van der Waals surface area (Å²) in [4.78, 5) is 16.8. The second-order valence-corrected chi connectivity index (χ2v) is 6.28. The zero-order chi connectivity index (χ0) is 12.7. The van der Waals surface area contributed by atoms with E-state index in [9.17, 15) is 4.79 Å². The third-order valence-corrected chi connectivity index (χ3v) is 5.28.